The van der Waals surface area contributed by atoms with Crippen LogP contribution in [0.25, 0.3) is 11.6 Å². The highest BCUT2D eigenvalue weighted by atomic mass is 16.5. The quantitative estimate of drug-likeness (QED) is 0.534. The predicted molar refractivity (Wildman–Crippen MR) is 109 cm³/mol. The van der Waals surface area contributed by atoms with Gasteiger partial charge in [-0.05, 0) is 48.9 Å². The molecular weight excluding hydrogens is 368 g/mol. The monoisotopic (exact) mass is 388 g/mol. The fourth-order valence-corrected chi connectivity index (χ4v) is 2.82. The van der Waals surface area contributed by atoms with E-state index < -0.39 is 0 Å². The first-order valence-electron chi connectivity index (χ1n) is 9.13. The smallest absolute Gasteiger partial charge is 0.281 e. The van der Waals surface area contributed by atoms with E-state index in [1.165, 1.54) is 4.68 Å². The number of hydrogen-bond acceptors (Lipinski definition) is 6. The van der Waals surface area contributed by atoms with Crippen molar-refractivity contribution in [2.75, 3.05) is 12.4 Å². The van der Waals surface area contributed by atoms with Gasteiger partial charge in [-0.15, -0.1) is 5.10 Å². The fourth-order valence-electron chi connectivity index (χ4n) is 2.82. The van der Waals surface area contributed by atoms with Gasteiger partial charge in [-0.3, -0.25) is 4.79 Å². The molecule has 2 aromatic carbocycles. The molecule has 2 heterocycles. The number of rotatable bonds is 6. The molecule has 0 spiro atoms. The van der Waals surface area contributed by atoms with Crippen LogP contribution in [0.5, 0.6) is 5.75 Å². The van der Waals surface area contributed by atoms with Crippen molar-refractivity contribution in [1.82, 2.24) is 14.8 Å². The second-order valence-electron chi connectivity index (χ2n) is 6.52. The third kappa shape index (κ3) is 4.03. The Labute approximate surface area is 168 Å². The Balaban J connectivity index is 1.63. The van der Waals surface area contributed by atoms with Crippen molar-refractivity contribution in [3.05, 3.63) is 83.6 Å². The topological polar surface area (TPSA) is 82.2 Å². The van der Waals surface area contributed by atoms with Crippen LogP contribution in [-0.4, -0.2) is 27.8 Å². The molecule has 0 aliphatic heterocycles. The number of hydrogen-bond donors (Lipinski definition) is 1. The molecule has 0 fully saturated rings. The van der Waals surface area contributed by atoms with Gasteiger partial charge in [-0.2, -0.15) is 9.67 Å². The van der Waals surface area contributed by atoms with Gasteiger partial charge in [0.15, 0.2) is 5.76 Å². The molecule has 146 valence electrons. The summed E-state index contributed by atoms with van der Waals surface area (Å²) in [7, 11) is 1.63. The van der Waals surface area contributed by atoms with Gasteiger partial charge in [0.2, 0.25) is 11.8 Å². The largest absolute Gasteiger partial charge is 0.497 e. The number of methoxy groups -OCH3 is 1. The second-order valence-corrected chi connectivity index (χ2v) is 6.52. The predicted octanol–water partition coefficient (Wildman–Crippen LogP) is 4.16. The maximum atomic E-state index is 13.0. The average Bonchev–Trinajstić information content (AvgIpc) is 3.42. The number of nitrogens with zero attached hydrogens (tertiary/aromatic N) is 3. The molecule has 0 unspecified atom stereocenters. The number of carbonyl (C=O) groups excluding carboxylic acids is 1. The van der Waals surface area contributed by atoms with E-state index in [9.17, 15) is 4.79 Å². The summed E-state index contributed by atoms with van der Waals surface area (Å²) in [6.45, 7) is 2.45. The zero-order valence-corrected chi connectivity index (χ0v) is 16.1. The molecule has 2 aromatic heterocycles. The Kier molecular flexibility index (Phi) is 5.11. The molecule has 4 aromatic rings. The van der Waals surface area contributed by atoms with Gasteiger partial charge < -0.3 is 14.5 Å². The molecule has 0 saturated heterocycles. The van der Waals surface area contributed by atoms with Crippen molar-refractivity contribution in [3.8, 4) is 17.3 Å². The maximum Gasteiger partial charge on any atom is 0.281 e. The number of ether oxygens (including phenoxy) is 1. The summed E-state index contributed by atoms with van der Waals surface area (Å²) in [5.74, 6) is 1.69. The first-order valence-corrected chi connectivity index (χ1v) is 9.13. The summed E-state index contributed by atoms with van der Waals surface area (Å²) in [4.78, 5) is 17.5. The van der Waals surface area contributed by atoms with E-state index in [0.717, 1.165) is 16.9 Å². The van der Waals surface area contributed by atoms with Crippen LogP contribution in [0.2, 0.25) is 0 Å². The first kappa shape index (κ1) is 18.5. The molecule has 0 aliphatic carbocycles. The molecule has 0 bridgehead atoms. The summed E-state index contributed by atoms with van der Waals surface area (Å²) in [6.07, 6.45) is 1.54. The SMILES string of the molecule is COc1ccc(CNc2nc(-c3ccco3)nn2C(=O)c2ccc(C)cc2)cc1. The van der Waals surface area contributed by atoms with Gasteiger partial charge >= 0.3 is 0 Å². The van der Waals surface area contributed by atoms with E-state index in [1.54, 1.807) is 37.6 Å². The van der Waals surface area contributed by atoms with Crippen LogP contribution < -0.4 is 10.1 Å². The lowest BCUT2D eigenvalue weighted by molar-refractivity contribution is 0.0947. The van der Waals surface area contributed by atoms with Crippen molar-refractivity contribution in [2.45, 2.75) is 13.5 Å². The lowest BCUT2D eigenvalue weighted by atomic mass is 10.1. The Morgan fingerprint density at radius 3 is 2.52 bits per heavy atom. The molecule has 0 atom stereocenters. The lowest BCUT2D eigenvalue weighted by Gasteiger charge is -2.08. The molecule has 0 saturated carbocycles. The van der Waals surface area contributed by atoms with E-state index in [2.05, 4.69) is 15.4 Å². The Morgan fingerprint density at radius 1 is 1.10 bits per heavy atom. The van der Waals surface area contributed by atoms with Crippen LogP contribution in [-0.2, 0) is 6.54 Å². The molecule has 7 nitrogen and oxygen atoms in total. The number of benzene rings is 2. The molecule has 0 amide bonds. The number of furan rings is 1. The Bertz CT molecular complexity index is 1100. The maximum absolute atomic E-state index is 13.0. The minimum absolute atomic E-state index is 0.271. The number of aromatic nitrogens is 3. The van der Waals surface area contributed by atoms with Crippen LogP contribution >= 0.6 is 0 Å². The van der Waals surface area contributed by atoms with Crippen LogP contribution in [0.15, 0.2) is 71.3 Å². The molecule has 0 radical (unpaired) electrons. The number of carbonyl (C=O) groups is 1. The van der Waals surface area contributed by atoms with Gasteiger partial charge in [-0.25, -0.2) is 0 Å². The normalized spacial score (nSPS) is 10.7. The average molecular weight is 388 g/mol. The fraction of sp³-hybridized carbons (Fsp3) is 0.136. The number of aryl methyl sites for hydroxylation is 1. The minimum atomic E-state index is -0.271. The minimum Gasteiger partial charge on any atom is -0.497 e. The van der Waals surface area contributed by atoms with E-state index in [-0.39, 0.29) is 5.91 Å². The van der Waals surface area contributed by atoms with Gasteiger partial charge in [0.25, 0.3) is 5.91 Å². The third-order valence-corrected chi connectivity index (χ3v) is 4.45. The highest BCUT2D eigenvalue weighted by molar-refractivity contribution is 5.97. The molecule has 7 heteroatoms. The Morgan fingerprint density at radius 2 is 1.86 bits per heavy atom. The zero-order chi connectivity index (χ0) is 20.2. The zero-order valence-electron chi connectivity index (χ0n) is 16.1. The van der Waals surface area contributed by atoms with Crippen LogP contribution in [0, 0.1) is 6.92 Å². The summed E-state index contributed by atoms with van der Waals surface area (Å²) >= 11 is 0. The van der Waals surface area contributed by atoms with Crippen LogP contribution in [0.1, 0.15) is 21.5 Å². The lowest BCUT2D eigenvalue weighted by Crippen LogP contribution is -2.17. The molecule has 29 heavy (non-hydrogen) atoms. The second kappa shape index (κ2) is 8.02. The van der Waals surface area contributed by atoms with Gasteiger partial charge in [0.05, 0.1) is 13.4 Å². The van der Waals surface area contributed by atoms with Crippen molar-refractivity contribution in [3.63, 3.8) is 0 Å². The number of anilines is 1. The standard InChI is InChI=1S/C22H20N4O3/c1-15-5-9-17(10-6-15)21(27)26-22(24-20(25-26)19-4-3-13-29-19)23-14-16-7-11-18(28-2)12-8-16/h3-13H,14H2,1-2H3,(H,23,24,25). The van der Waals surface area contributed by atoms with E-state index in [0.29, 0.717) is 29.6 Å². The molecule has 0 aliphatic rings. The first-order chi connectivity index (χ1) is 14.1. The molecule has 1 N–H and O–H groups in total. The molecule has 4 rings (SSSR count). The Hall–Kier alpha value is -3.87. The van der Waals surface area contributed by atoms with Crippen molar-refractivity contribution >= 4 is 11.9 Å². The summed E-state index contributed by atoms with van der Waals surface area (Å²) in [5, 5.41) is 7.57. The van der Waals surface area contributed by atoms with E-state index in [1.807, 2.05) is 43.3 Å². The highest BCUT2D eigenvalue weighted by Gasteiger charge is 2.19. The van der Waals surface area contributed by atoms with Crippen LogP contribution in [0.4, 0.5) is 5.95 Å². The molecular formula is C22H20N4O3. The van der Waals surface area contributed by atoms with E-state index >= 15 is 0 Å². The van der Waals surface area contributed by atoms with Gasteiger partial charge in [-0.1, -0.05) is 29.8 Å². The highest BCUT2D eigenvalue weighted by Crippen LogP contribution is 2.20. The van der Waals surface area contributed by atoms with Gasteiger partial charge in [0.1, 0.15) is 5.75 Å². The van der Waals surface area contributed by atoms with Gasteiger partial charge in [0, 0.05) is 12.1 Å². The summed E-state index contributed by atoms with van der Waals surface area (Å²) in [5.41, 5.74) is 2.62. The number of nitrogens with one attached hydrogen (secondary N) is 1. The summed E-state index contributed by atoms with van der Waals surface area (Å²) < 4.78 is 11.8. The van der Waals surface area contributed by atoms with Crippen LogP contribution in [0.3, 0.4) is 0 Å². The van der Waals surface area contributed by atoms with Crippen molar-refractivity contribution in [1.29, 1.82) is 0 Å². The third-order valence-electron chi connectivity index (χ3n) is 4.45. The van der Waals surface area contributed by atoms with Crippen molar-refractivity contribution in [2.24, 2.45) is 0 Å². The van der Waals surface area contributed by atoms with E-state index in [4.69, 9.17) is 9.15 Å². The summed E-state index contributed by atoms with van der Waals surface area (Å²) in [6, 6.07) is 18.5. The van der Waals surface area contributed by atoms with Crippen molar-refractivity contribution < 1.29 is 13.9 Å².